The molecule has 0 bridgehead atoms. The molecule has 1 aliphatic carbocycles. The smallest absolute Gasteiger partial charge is 0.224 e. The van der Waals surface area contributed by atoms with E-state index in [0.29, 0.717) is 11.0 Å². The summed E-state index contributed by atoms with van der Waals surface area (Å²) in [5, 5.41) is 3.54. The van der Waals surface area contributed by atoms with E-state index >= 15 is 0 Å². The van der Waals surface area contributed by atoms with Crippen LogP contribution in [0.5, 0.6) is 0 Å². The Hall–Kier alpha value is -1.62. The molecule has 4 nitrogen and oxygen atoms in total. The van der Waals surface area contributed by atoms with Crippen LogP contribution in [0.1, 0.15) is 38.3 Å². The number of amides is 1. The van der Waals surface area contributed by atoms with Crippen molar-refractivity contribution in [1.29, 1.82) is 0 Å². The van der Waals surface area contributed by atoms with Crippen molar-refractivity contribution in [3.63, 3.8) is 0 Å². The summed E-state index contributed by atoms with van der Waals surface area (Å²) >= 11 is 5.05. The third-order valence-electron chi connectivity index (χ3n) is 4.64. The van der Waals surface area contributed by atoms with E-state index < -0.39 is 0 Å². The van der Waals surface area contributed by atoms with Crippen LogP contribution in [0, 0.1) is 11.8 Å². The highest BCUT2D eigenvalue weighted by Crippen LogP contribution is 2.48. The van der Waals surface area contributed by atoms with E-state index in [1.165, 1.54) is 12.8 Å². The van der Waals surface area contributed by atoms with E-state index in [-0.39, 0.29) is 23.9 Å². The molecule has 112 valence electrons. The number of nitrogens with zero attached hydrogens (tertiary/aromatic N) is 1. The Bertz CT molecular complexity index is 585. The van der Waals surface area contributed by atoms with Gasteiger partial charge in [0.05, 0.1) is 6.04 Å². The molecule has 3 N–H and O–H groups in total. The molecule has 1 saturated carbocycles. The third-order valence-corrected chi connectivity index (χ3v) is 4.75. The third kappa shape index (κ3) is 2.50. The summed E-state index contributed by atoms with van der Waals surface area (Å²) < 4.78 is 0. The predicted molar refractivity (Wildman–Crippen MR) is 87.9 cm³/mol. The number of carbonyl (C=O) groups is 1. The van der Waals surface area contributed by atoms with Gasteiger partial charge in [0.1, 0.15) is 0 Å². The number of hydrogen-bond donors (Lipinski definition) is 2. The van der Waals surface area contributed by atoms with E-state index in [9.17, 15) is 4.79 Å². The van der Waals surface area contributed by atoms with Crippen molar-refractivity contribution in [2.75, 3.05) is 4.90 Å². The molecule has 5 heteroatoms. The first-order chi connectivity index (χ1) is 10.0. The summed E-state index contributed by atoms with van der Waals surface area (Å²) in [5.41, 5.74) is 7.81. The standard InChI is InChI=1S/C16H21N3OS/c1-9-14(18-16(17)21)12-5-3-4-6-13(12)19(10(2)20)15(9)11-7-8-11/h3-6,9,11,14-15H,7-8H2,1-2H3,(H3,17,18,21)/t9-,14?,15-/m1/s1. The molecule has 1 fully saturated rings. The fourth-order valence-electron chi connectivity index (χ4n) is 3.67. The Morgan fingerprint density at radius 3 is 2.62 bits per heavy atom. The zero-order valence-electron chi connectivity index (χ0n) is 12.4. The van der Waals surface area contributed by atoms with Crippen LogP contribution in [0.25, 0.3) is 0 Å². The molecule has 1 aromatic rings. The van der Waals surface area contributed by atoms with Gasteiger partial charge in [0.2, 0.25) is 5.91 Å². The lowest BCUT2D eigenvalue weighted by molar-refractivity contribution is -0.117. The van der Waals surface area contributed by atoms with Gasteiger partial charge in [0, 0.05) is 24.6 Å². The number of fused-ring (bicyclic) bond motifs is 1. The van der Waals surface area contributed by atoms with Crippen molar-refractivity contribution in [1.82, 2.24) is 5.32 Å². The first-order valence-electron chi connectivity index (χ1n) is 7.45. The molecule has 21 heavy (non-hydrogen) atoms. The van der Waals surface area contributed by atoms with Crippen molar-refractivity contribution >= 4 is 28.9 Å². The number of anilines is 1. The van der Waals surface area contributed by atoms with Gasteiger partial charge in [0.15, 0.2) is 5.11 Å². The van der Waals surface area contributed by atoms with Crippen LogP contribution >= 0.6 is 12.2 Å². The lowest BCUT2D eigenvalue weighted by atomic mass is 9.80. The highest BCUT2D eigenvalue weighted by Gasteiger charge is 2.47. The average Bonchev–Trinajstić information content (AvgIpc) is 3.25. The maximum atomic E-state index is 12.2. The number of benzene rings is 1. The second-order valence-electron chi connectivity index (χ2n) is 6.12. The molecular weight excluding hydrogens is 282 g/mol. The van der Waals surface area contributed by atoms with Crippen LogP contribution in [0.4, 0.5) is 5.69 Å². The van der Waals surface area contributed by atoms with Gasteiger partial charge in [0.25, 0.3) is 0 Å². The fraction of sp³-hybridized carbons (Fsp3) is 0.500. The van der Waals surface area contributed by atoms with Crippen molar-refractivity contribution in [3.8, 4) is 0 Å². The SMILES string of the molecule is CC(=O)N1c2ccccc2C(NC(N)=S)[C@@H](C)[C@@H]1C1CC1. The van der Waals surface area contributed by atoms with Gasteiger partial charge in [-0.05, 0) is 42.6 Å². The summed E-state index contributed by atoms with van der Waals surface area (Å²) in [7, 11) is 0. The molecule has 0 saturated heterocycles. The minimum atomic E-state index is 0.0694. The Morgan fingerprint density at radius 1 is 1.38 bits per heavy atom. The van der Waals surface area contributed by atoms with Crippen LogP contribution in [0.2, 0.25) is 0 Å². The van der Waals surface area contributed by atoms with Gasteiger partial charge in [-0.15, -0.1) is 0 Å². The van der Waals surface area contributed by atoms with E-state index in [4.69, 9.17) is 18.0 Å². The van der Waals surface area contributed by atoms with Crippen LogP contribution in [-0.2, 0) is 4.79 Å². The lowest BCUT2D eigenvalue weighted by Gasteiger charge is -2.45. The highest BCUT2D eigenvalue weighted by molar-refractivity contribution is 7.80. The molecule has 1 aromatic carbocycles. The molecule has 3 rings (SSSR count). The number of carbonyl (C=O) groups excluding carboxylic acids is 1. The summed E-state index contributed by atoms with van der Waals surface area (Å²) in [4.78, 5) is 14.2. The molecule has 0 aromatic heterocycles. The molecule has 0 spiro atoms. The number of para-hydroxylation sites is 1. The van der Waals surface area contributed by atoms with Crippen LogP contribution < -0.4 is 16.0 Å². The summed E-state index contributed by atoms with van der Waals surface area (Å²) in [6.45, 7) is 3.84. The first-order valence-corrected chi connectivity index (χ1v) is 7.86. The maximum Gasteiger partial charge on any atom is 0.224 e. The number of nitrogens with one attached hydrogen (secondary N) is 1. The van der Waals surface area contributed by atoms with Crippen molar-refractivity contribution < 1.29 is 4.79 Å². The topological polar surface area (TPSA) is 58.4 Å². The monoisotopic (exact) mass is 303 g/mol. The van der Waals surface area contributed by atoms with Gasteiger partial charge in [-0.3, -0.25) is 4.79 Å². The number of rotatable bonds is 2. The molecule has 2 aliphatic rings. The maximum absolute atomic E-state index is 12.2. The Kier molecular flexibility index (Phi) is 3.61. The fourth-order valence-corrected chi connectivity index (χ4v) is 3.79. The van der Waals surface area contributed by atoms with E-state index in [2.05, 4.69) is 18.3 Å². The highest BCUT2D eigenvalue weighted by atomic mass is 32.1. The number of hydrogen-bond acceptors (Lipinski definition) is 2. The molecule has 1 aliphatic heterocycles. The van der Waals surface area contributed by atoms with Crippen LogP contribution in [-0.4, -0.2) is 17.1 Å². The van der Waals surface area contributed by atoms with Gasteiger partial charge in [-0.1, -0.05) is 25.1 Å². The molecule has 3 atom stereocenters. The zero-order chi connectivity index (χ0) is 15.1. The summed E-state index contributed by atoms with van der Waals surface area (Å²) in [6.07, 6.45) is 2.39. The summed E-state index contributed by atoms with van der Waals surface area (Å²) in [6, 6.07) is 8.35. The van der Waals surface area contributed by atoms with E-state index in [0.717, 1.165) is 11.3 Å². The molecule has 1 heterocycles. The first kappa shape index (κ1) is 14.3. The Morgan fingerprint density at radius 2 is 2.05 bits per heavy atom. The van der Waals surface area contributed by atoms with Crippen molar-refractivity contribution in [2.24, 2.45) is 17.6 Å². The van der Waals surface area contributed by atoms with Gasteiger partial charge >= 0.3 is 0 Å². The van der Waals surface area contributed by atoms with Crippen LogP contribution in [0.15, 0.2) is 24.3 Å². The van der Waals surface area contributed by atoms with Gasteiger partial charge < -0.3 is 16.0 Å². The Balaban J connectivity index is 2.09. The van der Waals surface area contributed by atoms with E-state index in [1.54, 1.807) is 6.92 Å². The van der Waals surface area contributed by atoms with Crippen LogP contribution in [0.3, 0.4) is 0 Å². The summed E-state index contributed by atoms with van der Waals surface area (Å²) in [5.74, 6) is 0.977. The number of nitrogens with two attached hydrogens (primary N) is 1. The zero-order valence-corrected chi connectivity index (χ0v) is 13.2. The lowest BCUT2D eigenvalue weighted by Crippen LogP contribution is -2.53. The van der Waals surface area contributed by atoms with Crippen molar-refractivity contribution in [2.45, 2.75) is 38.8 Å². The second-order valence-corrected chi connectivity index (χ2v) is 6.56. The number of thiocarbonyl (C=S) groups is 1. The minimum absolute atomic E-state index is 0.0694. The molecule has 1 amide bonds. The van der Waals surface area contributed by atoms with Gasteiger partial charge in [-0.25, -0.2) is 0 Å². The largest absolute Gasteiger partial charge is 0.376 e. The average molecular weight is 303 g/mol. The predicted octanol–water partition coefficient (Wildman–Crippen LogP) is 2.34. The van der Waals surface area contributed by atoms with Crippen molar-refractivity contribution in [3.05, 3.63) is 29.8 Å². The molecular formula is C16H21N3OS. The van der Waals surface area contributed by atoms with E-state index in [1.807, 2.05) is 23.1 Å². The van der Waals surface area contributed by atoms with Gasteiger partial charge in [-0.2, -0.15) is 0 Å². The Labute approximate surface area is 130 Å². The normalized spacial score (nSPS) is 27.9. The molecule has 0 radical (unpaired) electrons. The minimum Gasteiger partial charge on any atom is -0.376 e. The quantitative estimate of drug-likeness (QED) is 0.823. The molecule has 1 unspecified atom stereocenters. The second kappa shape index (κ2) is 5.30.